The summed E-state index contributed by atoms with van der Waals surface area (Å²) in [7, 11) is 4.10. The molecule has 1 heterocycles. The van der Waals surface area contributed by atoms with Gasteiger partial charge in [-0.2, -0.15) is 0 Å². The molecule has 2 fully saturated rings. The second kappa shape index (κ2) is 12.4. The number of halogens is 1. The van der Waals surface area contributed by atoms with E-state index in [0.717, 1.165) is 30.9 Å². The lowest BCUT2D eigenvalue weighted by Gasteiger charge is -2.38. The minimum atomic E-state index is 0. The summed E-state index contributed by atoms with van der Waals surface area (Å²) in [6.07, 6.45) is 5.54. The van der Waals surface area contributed by atoms with Gasteiger partial charge in [0, 0.05) is 59.4 Å². The number of piperazine rings is 1. The molecule has 0 aromatic rings. The third kappa shape index (κ3) is 7.50. The van der Waals surface area contributed by atoms with Crippen molar-refractivity contribution in [3.05, 3.63) is 0 Å². The van der Waals surface area contributed by atoms with Crippen LogP contribution in [0, 0.1) is 11.8 Å². The van der Waals surface area contributed by atoms with Gasteiger partial charge in [0.2, 0.25) is 0 Å². The van der Waals surface area contributed by atoms with Gasteiger partial charge >= 0.3 is 0 Å². The Morgan fingerprint density at radius 2 is 1.77 bits per heavy atom. The molecule has 0 radical (unpaired) electrons. The van der Waals surface area contributed by atoms with E-state index >= 15 is 0 Å². The lowest BCUT2D eigenvalue weighted by molar-refractivity contribution is 0.107. The van der Waals surface area contributed by atoms with Crippen LogP contribution in [0.4, 0.5) is 0 Å². The van der Waals surface area contributed by atoms with Gasteiger partial charge in [-0.3, -0.25) is 9.89 Å². The van der Waals surface area contributed by atoms with Crippen molar-refractivity contribution in [2.75, 3.05) is 59.9 Å². The third-order valence-electron chi connectivity index (χ3n) is 6.27. The molecule has 1 N–H and O–H groups in total. The molecule has 0 aromatic heterocycles. The molecule has 0 amide bonds. The van der Waals surface area contributed by atoms with E-state index in [0.29, 0.717) is 6.04 Å². The van der Waals surface area contributed by atoms with Crippen LogP contribution in [-0.4, -0.2) is 86.6 Å². The zero-order valence-electron chi connectivity index (χ0n) is 17.7. The minimum Gasteiger partial charge on any atom is -0.355 e. The summed E-state index contributed by atoms with van der Waals surface area (Å²) in [5, 5.41) is 3.61. The standard InChI is InChI=1S/C20H41N5.HI/c1-6-24-11-13-25(14-12-24)18(3)15-22-20(21-4)23(5)16-19-9-7-17(2)8-10-19;/h17-19H,6-16H2,1-5H3,(H,21,22);1H. The van der Waals surface area contributed by atoms with E-state index in [2.05, 4.69) is 52.8 Å². The molecule has 1 aliphatic carbocycles. The highest BCUT2D eigenvalue weighted by Gasteiger charge is 2.22. The molecule has 0 spiro atoms. The van der Waals surface area contributed by atoms with E-state index in [1.54, 1.807) is 0 Å². The molecule has 1 atom stereocenters. The van der Waals surface area contributed by atoms with Gasteiger partial charge in [-0.05, 0) is 38.1 Å². The van der Waals surface area contributed by atoms with Gasteiger partial charge in [0.25, 0.3) is 0 Å². The Kier molecular flexibility index (Phi) is 11.4. The molecular weight excluding hydrogens is 437 g/mol. The Morgan fingerprint density at radius 3 is 2.31 bits per heavy atom. The van der Waals surface area contributed by atoms with Crippen LogP contribution in [0.1, 0.15) is 46.5 Å². The van der Waals surface area contributed by atoms with E-state index < -0.39 is 0 Å². The lowest BCUT2D eigenvalue weighted by Crippen LogP contribution is -2.53. The van der Waals surface area contributed by atoms with Crippen LogP contribution >= 0.6 is 24.0 Å². The second-order valence-corrected chi connectivity index (χ2v) is 8.25. The summed E-state index contributed by atoms with van der Waals surface area (Å²) in [6, 6.07) is 0.555. The van der Waals surface area contributed by atoms with Crippen LogP contribution in [0.2, 0.25) is 0 Å². The zero-order chi connectivity index (χ0) is 18.2. The van der Waals surface area contributed by atoms with E-state index in [4.69, 9.17) is 0 Å². The predicted octanol–water partition coefficient (Wildman–Crippen LogP) is 2.96. The van der Waals surface area contributed by atoms with E-state index in [9.17, 15) is 0 Å². The van der Waals surface area contributed by atoms with E-state index in [1.165, 1.54) is 58.4 Å². The maximum atomic E-state index is 4.52. The van der Waals surface area contributed by atoms with Gasteiger partial charge in [0.1, 0.15) is 0 Å². The SMILES string of the molecule is CCN1CCN(C(C)CNC(=NC)N(C)CC2CCC(C)CC2)CC1.I. The fourth-order valence-corrected chi connectivity index (χ4v) is 4.26. The lowest BCUT2D eigenvalue weighted by atomic mass is 9.83. The smallest absolute Gasteiger partial charge is 0.193 e. The van der Waals surface area contributed by atoms with Crippen molar-refractivity contribution in [2.24, 2.45) is 16.8 Å². The average molecular weight is 479 g/mol. The van der Waals surface area contributed by atoms with Crippen molar-refractivity contribution in [3.63, 3.8) is 0 Å². The summed E-state index contributed by atoms with van der Waals surface area (Å²) in [5.41, 5.74) is 0. The summed E-state index contributed by atoms with van der Waals surface area (Å²) < 4.78 is 0. The summed E-state index contributed by atoms with van der Waals surface area (Å²) in [6.45, 7) is 15.1. The Balaban J connectivity index is 0.00000338. The molecule has 26 heavy (non-hydrogen) atoms. The molecule has 2 rings (SSSR count). The first kappa shape index (κ1) is 24.0. The molecule has 1 aliphatic heterocycles. The zero-order valence-corrected chi connectivity index (χ0v) is 20.0. The number of guanidine groups is 1. The van der Waals surface area contributed by atoms with Gasteiger partial charge in [0.15, 0.2) is 5.96 Å². The summed E-state index contributed by atoms with van der Waals surface area (Å²) in [4.78, 5) is 12.0. The van der Waals surface area contributed by atoms with Crippen molar-refractivity contribution in [1.29, 1.82) is 0 Å². The number of nitrogens with one attached hydrogen (secondary N) is 1. The molecule has 0 bridgehead atoms. The van der Waals surface area contributed by atoms with Crippen LogP contribution in [0.3, 0.4) is 0 Å². The maximum Gasteiger partial charge on any atom is 0.193 e. The quantitative estimate of drug-likeness (QED) is 0.361. The van der Waals surface area contributed by atoms with Crippen LogP contribution in [0.5, 0.6) is 0 Å². The number of likely N-dealkylation sites (N-methyl/N-ethyl adjacent to an activating group) is 1. The molecule has 6 heteroatoms. The molecule has 154 valence electrons. The monoisotopic (exact) mass is 479 g/mol. The minimum absolute atomic E-state index is 0. The highest BCUT2D eigenvalue weighted by Crippen LogP contribution is 2.28. The Morgan fingerprint density at radius 1 is 1.15 bits per heavy atom. The summed E-state index contributed by atoms with van der Waals surface area (Å²) in [5.74, 6) is 2.81. The van der Waals surface area contributed by atoms with Gasteiger partial charge in [-0.25, -0.2) is 0 Å². The van der Waals surface area contributed by atoms with Crippen molar-refractivity contribution >= 4 is 29.9 Å². The van der Waals surface area contributed by atoms with Crippen molar-refractivity contribution in [3.8, 4) is 0 Å². The van der Waals surface area contributed by atoms with Gasteiger partial charge in [0.05, 0.1) is 0 Å². The molecule has 1 saturated carbocycles. The molecular formula is C20H42IN5. The highest BCUT2D eigenvalue weighted by molar-refractivity contribution is 14.0. The first-order valence-corrected chi connectivity index (χ1v) is 10.4. The van der Waals surface area contributed by atoms with Gasteiger partial charge in [-0.1, -0.05) is 26.7 Å². The Bertz CT molecular complexity index is 401. The average Bonchev–Trinajstić information content (AvgIpc) is 2.64. The number of rotatable bonds is 6. The van der Waals surface area contributed by atoms with Crippen LogP contribution < -0.4 is 5.32 Å². The largest absolute Gasteiger partial charge is 0.355 e. The Hall–Kier alpha value is -0.0800. The van der Waals surface area contributed by atoms with Crippen LogP contribution in [0.15, 0.2) is 4.99 Å². The fourth-order valence-electron chi connectivity index (χ4n) is 4.26. The fraction of sp³-hybridized carbons (Fsp3) is 0.950. The van der Waals surface area contributed by atoms with Crippen molar-refractivity contribution in [1.82, 2.24) is 20.0 Å². The third-order valence-corrected chi connectivity index (χ3v) is 6.27. The molecule has 1 saturated heterocycles. The van der Waals surface area contributed by atoms with Crippen LogP contribution in [0.25, 0.3) is 0 Å². The molecule has 2 aliphatic rings. The molecule has 5 nitrogen and oxygen atoms in total. The topological polar surface area (TPSA) is 34.1 Å². The predicted molar refractivity (Wildman–Crippen MR) is 124 cm³/mol. The number of aliphatic imine (C=N–C) groups is 1. The first-order chi connectivity index (χ1) is 12.0. The van der Waals surface area contributed by atoms with Gasteiger partial charge in [-0.15, -0.1) is 24.0 Å². The van der Waals surface area contributed by atoms with Gasteiger partial charge < -0.3 is 15.1 Å². The highest BCUT2D eigenvalue weighted by atomic mass is 127. The number of nitrogens with zero attached hydrogens (tertiary/aromatic N) is 4. The normalized spacial score (nSPS) is 26.9. The first-order valence-electron chi connectivity index (χ1n) is 10.4. The second-order valence-electron chi connectivity index (χ2n) is 8.25. The van der Waals surface area contributed by atoms with E-state index in [-0.39, 0.29) is 24.0 Å². The number of hydrogen-bond acceptors (Lipinski definition) is 3. The summed E-state index contributed by atoms with van der Waals surface area (Å²) >= 11 is 0. The Labute approximate surface area is 179 Å². The molecule has 0 aromatic carbocycles. The maximum absolute atomic E-state index is 4.52. The van der Waals surface area contributed by atoms with Crippen molar-refractivity contribution in [2.45, 2.75) is 52.5 Å². The van der Waals surface area contributed by atoms with Crippen LogP contribution in [-0.2, 0) is 0 Å². The van der Waals surface area contributed by atoms with E-state index in [1.807, 2.05) is 7.05 Å². The molecule has 1 unspecified atom stereocenters. The van der Waals surface area contributed by atoms with Crippen molar-refractivity contribution < 1.29 is 0 Å². The number of hydrogen-bond donors (Lipinski definition) is 1.